The van der Waals surface area contributed by atoms with Gasteiger partial charge in [-0.05, 0) is 13.3 Å². The number of rotatable bonds is 4. The molecule has 19 heavy (non-hydrogen) atoms. The van der Waals surface area contributed by atoms with Gasteiger partial charge in [-0.1, -0.05) is 6.92 Å². The van der Waals surface area contributed by atoms with Crippen LogP contribution in [0.5, 0.6) is 0 Å². The van der Waals surface area contributed by atoms with E-state index in [4.69, 9.17) is 0 Å². The van der Waals surface area contributed by atoms with Gasteiger partial charge in [0.2, 0.25) is 0 Å². The number of aliphatic hydroxyl groups excluding tert-OH is 1. The van der Waals surface area contributed by atoms with Crippen molar-refractivity contribution in [1.29, 1.82) is 0 Å². The molecule has 1 N–H and O–H groups in total. The molecular formula is C13H21N3O2S. The van der Waals surface area contributed by atoms with Gasteiger partial charge in [0.15, 0.2) is 0 Å². The number of aliphatic hydroxyl groups is 1. The number of aryl methyl sites for hydroxylation is 1. The van der Waals surface area contributed by atoms with Gasteiger partial charge in [0.25, 0.3) is 5.91 Å². The van der Waals surface area contributed by atoms with Gasteiger partial charge in [0, 0.05) is 32.2 Å². The highest BCUT2D eigenvalue weighted by atomic mass is 32.1. The van der Waals surface area contributed by atoms with E-state index in [1.54, 1.807) is 5.51 Å². The van der Waals surface area contributed by atoms with Crippen molar-refractivity contribution in [1.82, 2.24) is 14.8 Å². The van der Waals surface area contributed by atoms with Crippen LogP contribution in [0.4, 0.5) is 0 Å². The van der Waals surface area contributed by atoms with Crippen molar-refractivity contribution in [2.45, 2.75) is 26.3 Å². The molecule has 1 aromatic heterocycles. The van der Waals surface area contributed by atoms with Crippen LogP contribution in [0.3, 0.4) is 0 Å². The summed E-state index contributed by atoms with van der Waals surface area (Å²) in [7, 11) is 0. The molecule has 0 aromatic carbocycles. The number of thiazole rings is 1. The van der Waals surface area contributed by atoms with Crippen molar-refractivity contribution < 1.29 is 9.90 Å². The maximum absolute atomic E-state index is 12.3. The second-order valence-corrected chi connectivity index (χ2v) is 5.69. The molecule has 1 unspecified atom stereocenters. The van der Waals surface area contributed by atoms with E-state index in [0.29, 0.717) is 0 Å². The predicted molar refractivity (Wildman–Crippen MR) is 75.5 cm³/mol. The molecule has 1 fully saturated rings. The van der Waals surface area contributed by atoms with Crippen LogP contribution in [0.25, 0.3) is 0 Å². The van der Waals surface area contributed by atoms with E-state index < -0.39 is 0 Å². The number of hydrogen-bond acceptors (Lipinski definition) is 5. The highest BCUT2D eigenvalue weighted by Crippen LogP contribution is 2.17. The first-order chi connectivity index (χ1) is 9.17. The third kappa shape index (κ3) is 3.13. The molecule has 2 rings (SSSR count). The first kappa shape index (κ1) is 14.4. The van der Waals surface area contributed by atoms with Crippen molar-refractivity contribution in [3.63, 3.8) is 0 Å². The van der Waals surface area contributed by atoms with Crippen molar-refractivity contribution in [3.05, 3.63) is 16.1 Å². The minimum Gasteiger partial charge on any atom is -0.395 e. The fourth-order valence-corrected chi connectivity index (χ4v) is 3.21. The van der Waals surface area contributed by atoms with Crippen LogP contribution < -0.4 is 0 Å². The lowest BCUT2D eigenvalue weighted by atomic mass is 10.1. The van der Waals surface area contributed by atoms with Gasteiger partial charge in [-0.3, -0.25) is 9.69 Å². The maximum Gasteiger partial charge on any atom is 0.265 e. The van der Waals surface area contributed by atoms with Crippen LogP contribution in [0.1, 0.15) is 28.7 Å². The lowest BCUT2D eigenvalue weighted by Gasteiger charge is -2.38. The summed E-state index contributed by atoms with van der Waals surface area (Å²) in [5.41, 5.74) is 2.54. The Labute approximate surface area is 117 Å². The molecule has 5 nitrogen and oxygen atoms in total. The van der Waals surface area contributed by atoms with Crippen LogP contribution in [-0.2, 0) is 0 Å². The molecule has 1 aromatic rings. The van der Waals surface area contributed by atoms with Crippen LogP contribution >= 0.6 is 11.3 Å². The number of amides is 1. The zero-order valence-electron chi connectivity index (χ0n) is 11.5. The fraction of sp³-hybridized carbons (Fsp3) is 0.692. The Kier molecular flexibility index (Phi) is 4.90. The molecular weight excluding hydrogens is 262 g/mol. The van der Waals surface area contributed by atoms with Gasteiger partial charge in [0.1, 0.15) is 4.88 Å². The summed E-state index contributed by atoms with van der Waals surface area (Å²) in [5, 5.41) is 9.31. The largest absolute Gasteiger partial charge is 0.395 e. The Morgan fingerprint density at radius 2 is 2.16 bits per heavy atom. The standard InChI is InChI=1S/C13H21N3O2S/c1-3-11(8-17)15-4-6-16(7-5-15)13(18)12-10(2)14-9-19-12/h9,11,17H,3-8H2,1-2H3. The molecule has 0 radical (unpaired) electrons. The highest BCUT2D eigenvalue weighted by Gasteiger charge is 2.26. The number of hydrogen-bond donors (Lipinski definition) is 1. The lowest BCUT2D eigenvalue weighted by molar-refractivity contribution is 0.0475. The molecule has 0 aliphatic carbocycles. The fourth-order valence-electron chi connectivity index (χ4n) is 2.44. The molecule has 0 bridgehead atoms. The van der Waals surface area contributed by atoms with Crippen molar-refractivity contribution in [3.8, 4) is 0 Å². The van der Waals surface area contributed by atoms with Crippen LogP contribution in [0.15, 0.2) is 5.51 Å². The average Bonchev–Trinajstić information content (AvgIpc) is 2.86. The van der Waals surface area contributed by atoms with E-state index in [1.807, 2.05) is 11.8 Å². The van der Waals surface area contributed by atoms with Gasteiger partial charge >= 0.3 is 0 Å². The summed E-state index contributed by atoms with van der Waals surface area (Å²) in [6.07, 6.45) is 0.943. The highest BCUT2D eigenvalue weighted by molar-refractivity contribution is 7.11. The Morgan fingerprint density at radius 1 is 1.47 bits per heavy atom. The molecule has 1 atom stereocenters. The Bertz CT molecular complexity index is 423. The van der Waals surface area contributed by atoms with E-state index in [-0.39, 0.29) is 18.6 Å². The number of carbonyl (C=O) groups excluding carboxylic acids is 1. The predicted octanol–water partition coefficient (Wildman–Crippen LogP) is 0.980. The quantitative estimate of drug-likeness (QED) is 0.895. The second-order valence-electron chi connectivity index (χ2n) is 4.84. The summed E-state index contributed by atoms with van der Waals surface area (Å²) in [6, 6.07) is 0.224. The Hall–Kier alpha value is -0.980. The monoisotopic (exact) mass is 283 g/mol. The third-order valence-electron chi connectivity index (χ3n) is 3.74. The van der Waals surface area contributed by atoms with Crippen molar-refractivity contribution in [2.75, 3.05) is 32.8 Å². The number of piperazine rings is 1. The van der Waals surface area contributed by atoms with Crippen molar-refractivity contribution in [2.24, 2.45) is 0 Å². The normalized spacial score (nSPS) is 18.6. The van der Waals surface area contributed by atoms with Gasteiger partial charge in [-0.25, -0.2) is 4.98 Å². The Balaban J connectivity index is 1.93. The number of nitrogens with zero attached hydrogens (tertiary/aromatic N) is 3. The summed E-state index contributed by atoms with van der Waals surface area (Å²) in [4.78, 5) is 21.4. The summed E-state index contributed by atoms with van der Waals surface area (Å²) < 4.78 is 0. The molecule has 106 valence electrons. The SMILES string of the molecule is CCC(CO)N1CCN(C(=O)c2scnc2C)CC1. The maximum atomic E-state index is 12.3. The second kappa shape index (κ2) is 6.45. The molecule has 1 saturated heterocycles. The van der Waals surface area contributed by atoms with E-state index in [1.165, 1.54) is 11.3 Å². The summed E-state index contributed by atoms with van der Waals surface area (Å²) in [6.45, 7) is 7.28. The zero-order valence-corrected chi connectivity index (χ0v) is 12.3. The van der Waals surface area contributed by atoms with Crippen LogP contribution in [-0.4, -0.2) is 64.6 Å². The molecule has 1 aliphatic rings. The van der Waals surface area contributed by atoms with Gasteiger partial charge in [0.05, 0.1) is 17.8 Å². The van der Waals surface area contributed by atoms with E-state index >= 15 is 0 Å². The third-order valence-corrected chi connectivity index (χ3v) is 4.66. The molecule has 2 heterocycles. The van der Waals surface area contributed by atoms with E-state index in [9.17, 15) is 9.90 Å². The lowest BCUT2D eigenvalue weighted by Crippen LogP contribution is -2.52. The molecule has 6 heteroatoms. The molecule has 0 saturated carbocycles. The summed E-state index contributed by atoms with van der Waals surface area (Å²) in [5.74, 6) is 0.0942. The first-order valence-corrected chi connectivity index (χ1v) is 7.59. The van der Waals surface area contributed by atoms with Gasteiger partial charge in [-0.2, -0.15) is 0 Å². The zero-order chi connectivity index (χ0) is 13.8. The summed E-state index contributed by atoms with van der Waals surface area (Å²) >= 11 is 1.41. The van der Waals surface area contributed by atoms with Gasteiger partial charge in [-0.15, -0.1) is 11.3 Å². The van der Waals surface area contributed by atoms with Crippen molar-refractivity contribution >= 4 is 17.2 Å². The minimum atomic E-state index is 0.0942. The van der Waals surface area contributed by atoms with Crippen LogP contribution in [0, 0.1) is 6.92 Å². The first-order valence-electron chi connectivity index (χ1n) is 6.71. The molecule has 1 aliphatic heterocycles. The average molecular weight is 283 g/mol. The number of aromatic nitrogens is 1. The smallest absolute Gasteiger partial charge is 0.265 e. The van der Waals surface area contributed by atoms with Gasteiger partial charge < -0.3 is 10.0 Å². The van der Waals surface area contributed by atoms with Crippen LogP contribution in [0.2, 0.25) is 0 Å². The number of carbonyl (C=O) groups is 1. The van der Waals surface area contributed by atoms with E-state index in [2.05, 4.69) is 16.8 Å². The molecule has 0 spiro atoms. The topological polar surface area (TPSA) is 56.7 Å². The molecule has 1 amide bonds. The minimum absolute atomic E-state index is 0.0942. The Morgan fingerprint density at radius 3 is 2.63 bits per heavy atom. The van der Waals surface area contributed by atoms with E-state index in [0.717, 1.165) is 43.2 Å².